The summed E-state index contributed by atoms with van der Waals surface area (Å²) in [7, 11) is 1.58. The highest BCUT2D eigenvalue weighted by Crippen LogP contribution is 2.34. The Labute approximate surface area is 158 Å². The van der Waals surface area contributed by atoms with E-state index in [2.05, 4.69) is 15.0 Å². The highest BCUT2D eigenvalue weighted by molar-refractivity contribution is 7.17. The van der Waals surface area contributed by atoms with Crippen molar-refractivity contribution in [3.8, 4) is 10.8 Å². The largest absolute Gasteiger partial charge is 0.313 e. The highest BCUT2D eigenvalue weighted by Gasteiger charge is 2.29. The Hall–Kier alpha value is -3.20. The normalized spacial score (nSPS) is 14.1. The van der Waals surface area contributed by atoms with E-state index in [4.69, 9.17) is 0 Å². The molecular weight excluding hydrogens is 369 g/mol. The number of nitrogens with zero attached hydrogens (tertiary/aromatic N) is 5. The maximum Gasteiger partial charge on any atom is 0.270 e. The zero-order valence-corrected chi connectivity index (χ0v) is 15.1. The van der Waals surface area contributed by atoms with E-state index >= 15 is 0 Å². The topological polar surface area (TPSA) is 79.3 Å². The van der Waals surface area contributed by atoms with Crippen LogP contribution in [0, 0.1) is 5.82 Å². The summed E-state index contributed by atoms with van der Waals surface area (Å²) in [6.45, 7) is 0.204. The van der Waals surface area contributed by atoms with Crippen LogP contribution in [-0.2, 0) is 4.79 Å². The molecule has 3 aromatic rings. The van der Waals surface area contributed by atoms with E-state index in [9.17, 15) is 14.0 Å². The molecule has 0 fully saturated rings. The van der Waals surface area contributed by atoms with E-state index < -0.39 is 5.82 Å². The van der Waals surface area contributed by atoms with Crippen LogP contribution < -0.4 is 9.80 Å². The van der Waals surface area contributed by atoms with Crippen LogP contribution in [0.25, 0.3) is 10.8 Å². The molecule has 0 radical (unpaired) electrons. The Kier molecular flexibility index (Phi) is 4.36. The van der Waals surface area contributed by atoms with Crippen molar-refractivity contribution in [2.45, 2.75) is 6.42 Å². The third-order valence-corrected chi connectivity index (χ3v) is 5.21. The fraction of sp³-hybridized carbons (Fsp3) is 0.167. The van der Waals surface area contributed by atoms with Crippen molar-refractivity contribution in [3.63, 3.8) is 0 Å². The zero-order chi connectivity index (χ0) is 19.0. The summed E-state index contributed by atoms with van der Waals surface area (Å²) in [4.78, 5) is 41.1. The molecule has 1 aliphatic rings. The SMILES string of the molecule is CN1C(=O)CCN(C(=O)c2cnc(-c3ncccn3)s2)c2ccc(F)cc21. The fourth-order valence-electron chi connectivity index (χ4n) is 2.85. The van der Waals surface area contributed by atoms with Crippen LogP contribution in [0.3, 0.4) is 0 Å². The lowest BCUT2D eigenvalue weighted by molar-refractivity contribution is -0.118. The van der Waals surface area contributed by atoms with Crippen molar-refractivity contribution in [1.29, 1.82) is 0 Å². The van der Waals surface area contributed by atoms with Gasteiger partial charge in [-0.15, -0.1) is 11.3 Å². The van der Waals surface area contributed by atoms with Crippen LogP contribution in [0.2, 0.25) is 0 Å². The lowest BCUT2D eigenvalue weighted by Gasteiger charge is -2.23. The second-order valence-electron chi connectivity index (χ2n) is 5.89. The number of hydrogen-bond acceptors (Lipinski definition) is 6. The summed E-state index contributed by atoms with van der Waals surface area (Å²) in [6, 6.07) is 5.75. The average Bonchev–Trinajstić information content (AvgIpc) is 3.14. The lowest BCUT2D eigenvalue weighted by atomic mass is 10.2. The van der Waals surface area contributed by atoms with Crippen molar-refractivity contribution >= 4 is 34.5 Å². The molecule has 0 spiro atoms. The highest BCUT2D eigenvalue weighted by atomic mass is 32.1. The standard InChI is InChI=1S/C18H14FN5O2S/c1-23-13-9-11(19)3-4-12(13)24(8-5-15(23)25)18(26)14-10-22-17(27-14)16-20-6-2-7-21-16/h2-4,6-7,9-10H,5,8H2,1H3. The first-order chi connectivity index (χ1) is 13.0. The number of aromatic nitrogens is 3. The Balaban J connectivity index is 1.71. The Morgan fingerprint density at radius 2 is 1.96 bits per heavy atom. The Bertz CT molecular complexity index is 1020. The van der Waals surface area contributed by atoms with E-state index in [1.165, 1.54) is 45.5 Å². The molecule has 0 aliphatic carbocycles. The van der Waals surface area contributed by atoms with Crippen molar-refractivity contribution in [3.05, 3.63) is 53.6 Å². The molecule has 2 amide bonds. The van der Waals surface area contributed by atoms with Gasteiger partial charge in [-0.1, -0.05) is 0 Å². The van der Waals surface area contributed by atoms with Crippen LogP contribution in [0.5, 0.6) is 0 Å². The predicted octanol–water partition coefficient (Wildman–Crippen LogP) is 2.75. The predicted molar refractivity (Wildman–Crippen MR) is 99.2 cm³/mol. The first-order valence-corrected chi connectivity index (χ1v) is 8.97. The number of benzene rings is 1. The molecule has 7 nitrogen and oxygen atoms in total. The Morgan fingerprint density at radius 3 is 2.74 bits per heavy atom. The number of carbonyl (C=O) groups excluding carboxylic acids is 2. The van der Waals surface area contributed by atoms with Crippen molar-refractivity contribution < 1.29 is 14.0 Å². The molecule has 1 aliphatic heterocycles. The third-order valence-electron chi connectivity index (χ3n) is 4.23. The van der Waals surface area contributed by atoms with Crippen molar-refractivity contribution in [2.75, 3.05) is 23.4 Å². The molecule has 136 valence electrons. The maximum atomic E-state index is 13.7. The number of anilines is 2. The first kappa shape index (κ1) is 17.2. The van der Waals surface area contributed by atoms with Gasteiger partial charge in [0.05, 0.1) is 17.6 Å². The van der Waals surface area contributed by atoms with E-state index in [0.29, 0.717) is 27.1 Å². The van der Waals surface area contributed by atoms with Gasteiger partial charge in [-0.05, 0) is 24.3 Å². The summed E-state index contributed by atoms with van der Waals surface area (Å²) < 4.78 is 13.7. The molecule has 27 heavy (non-hydrogen) atoms. The first-order valence-electron chi connectivity index (χ1n) is 8.16. The monoisotopic (exact) mass is 383 g/mol. The van der Waals surface area contributed by atoms with Crippen LogP contribution in [0.15, 0.2) is 42.9 Å². The second-order valence-corrected chi connectivity index (χ2v) is 6.93. The summed E-state index contributed by atoms with van der Waals surface area (Å²) in [5.74, 6) is -0.510. The molecule has 0 saturated carbocycles. The van der Waals surface area contributed by atoms with Crippen LogP contribution >= 0.6 is 11.3 Å². The van der Waals surface area contributed by atoms with Gasteiger partial charge in [0.2, 0.25) is 5.91 Å². The molecule has 0 saturated heterocycles. The van der Waals surface area contributed by atoms with Crippen molar-refractivity contribution in [2.24, 2.45) is 0 Å². The molecule has 0 bridgehead atoms. The fourth-order valence-corrected chi connectivity index (χ4v) is 3.67. The maximum absolute atomic E-state index is 13.7. The summed E-state index contributed by atoms with van der Waals surface area (Å²) >= 11 is 1.17. The smallest absolute Gasteiger partial charge is 0.270 e. The van der Waals surface area contributed by atoms with E-state index in [-0.39, 0.29) is 24.8 Å². The summed E-state index contributed by atoms with van der Waals surface area (Å²) in [5, 5.41) is 0.529. The quantitative estimate of drug-likeness (QED) is 0.680. The number of rotatable bonds is 2. The van der Waals surface area contributed by atoms with Gasteiger partial charge >= 0.3 is 0 Å². The summed E-state index contributed by atoms with van der Waals surface area (Å²) in [5.41, 5.74) is 0.850. The van der Waals surface area contributed by atoms with Gasteiger partial charge in [-0.2, -0.15) is 0 Å². The van der Waals surface area contributed by atoms with E-state index in [1.54, 1.807) is 25.5 Å². The van der Waals surface area contributed by atoms with Crippen molar-refractivity contribution in [1.82, 2.24) is 15.0 Å². The molecule has 9 heteroatoms. The van der Waals surface area contributed by atoms with E-state index in [0.717, 1.165) is 0 Å². The minimum atomic E-state index is -0.469. The van der Waals surface area contributed by atoms with Gasteiger partial charge in [0.1, 0.15) is 10.7 Å². The lowest BCUT2D eigenvalue weighted by Crippen LogP contribution is -2.31. The van der Waals surface area contributed by atoms with Crippen LogP contribution in [-0.4, -0.2) is 40.4 Å². The number of carbonyl (C=O) groups is 2. The van der Waals surface area contributed by atoms with Gasteiger partial charge in [-0.3, -0.25) is 9.59 Å². The van der Waals surface area contributed by atoms with E-state index in [1.807, 2.05) is 0 Å². The molecule has 0 unspecified atom stereocenters. The number of thiazole rings is 1. The number of halogens is 1. The van der Waals surface area contributed by atoms with Gasteiger partial charge < -0.3 is 9.80 Å². The Morgan fingerprint density at radius 1 is 1.19 bits per heavy atom. The molecule has 2 aromatic heterocycles. The molecule has 3 heterocycles. The molecule has 1 aromatic carbocycles. The molecule has 0 atom stereocenters. The second kappa shape index (κ2) is 6.84. The zero-order valence-electron chi connectivity index (χ0n) is 14.3. The number of fused-ring (bicyclic) bond motifs is 1. The molecule has 4 rings (SSSR count). The molecule has 0 N–H and O–H groups in total. The average molecular weight is 383 g/mol. The third kappa shape index (κ3) is 3.17. The van der Waals surface area contributed by atoms with Crippen LogP contribution in [0.4, 0.5) is 15.8 Å². The van der Waals surface area contributed by atoms with Gasteiger partial charge in [0.25, 0.3) is 5.91 Å². The van der Waals surface area contributed by atoms with Gasteiger partial charge in [0.15, 0.2) is 10.8 Å². The minimum Gasteiger partial charge on any atom is -0.313 e. The summed E-state index contributed by atoms with van der Waals surface area (Å²) in [6.07, 6.45) is 4.82. The van der Waals surface area contributed by atoms with Crippen LogP contribution in [0.1, 0.15) is 16.1 Å². The molecular formula is C18H14FN5O2S. The number of hydrogen-bond donors (Lipinski definition) is 0. The number of amides is 2. The minimum absolute atomic E-state index is 0.145. The van der Waals surface area contributed by atoms with Gasteiger partial charge in [0, 0.05) is 32.4 Å². The van der Waals surface area contributed by atoms with Gasteiger partial charge in [-0.25, -0.2) is 19.3 Å².